The molecule has 0 aromatic heterocycles. The van der Waals surface area contributed by atoms with Crippen LogP contribution in [-0.2, 0) is 19.6 Å². The van der Waals surface area contributed by atoms with Crippen molar-refractivity contribution in [3.05, 3.63) is 29.8 Å². The van der Waals surface area contributed by atoms with Gasteiger partial charge in [0.25, 0.3) is 5.91 Å². The van der Waals surface area contributed by atoms with E-state index in [4.69, 9.17) is 4.74 Å². The largest absolute Gasteiger partial charge is 0.452 e. The van der Waals surface area contributed by atoms with Crippen molar-refractivity contribution in [2.75, 3.05) is 19.7 Å². The zero-order chi connectivity index (χ0) is 19.9. The predicted octanol–water partition coefficient (Wildman–Crippen LogP) is 2.32. The molecule has 150 valence electrons. The number of esters is 1. The van der Waals surface area contributed by atoms with Gasteiger partial charge in [0.1, 0.15) is 0 Å². The van der Waals surface area contributed by atoms with Crippen molar-refractivity contribution in [3.8, 4) is 0 Å². The van der Waals surface area contributed by atoms with Crippen molar-refractivity contribution >= 4 is 21.9 Å². The number of rotatable bonds is 8. The van der Waals surface area contributed by atoms with Crippen LogP contribution in [0.15, 0.2) is 29.2 Å². The lowest BCUT2D eigenvalue weighted by Gasteiger charge is -2.26. The molecule has 0 aliphatic carbocycles. The maximum atomic E-state index is 12.9. The average molecular weight is 397 g/mol. The first-order valence-corrected chi connectivity index (χ1v) is 10.9. The molecule has 1 saturated heterocycles. The Bertz CT molecular complexity index is 753. The number of hydrogen-bond acceptors (Lipinski definition) is 5. The van der Waals surface area contributed by atoms with Gasteiger partial charge < -0.3 is 10.1 Å². The third-order valence-corrected chi connectivity index (χ3v) is 6.68. The lowest BCUT2D eigenvalue weighted by Crippen LogP contribution is -2.37. The average Bonchev–Trinajstić information content (AvgIpc) is 2.70. The van der Waals surface area contributed by atoms with Crippen LogP contribution in [0.4, 0.5) is 0 Å². The molecule has 0 saturated carbocycles. The summed E-state index contributed by atoms with van der Waals surface area (Å²) in [6.07, 6.45) is 4.19. The number of benzene rings is 1. The highest BCUT2D eigenvalue weighted by Crippen LogP contribution is 2.24. The Morgan fingerprint density at radius 1 is 1.11 bits per heavy atom. The normalized spacial score (nSPS) is 15.5. The fourth-order valence-electron chi connectivity index (χ4n) is 3.08. The van der Waals surface area contributed by atoms with Gasteiger partial charge >= 0.3 is 5.97 Å². The van der Waals surface area contributed by atoms with Crippen molar-refractivity contribution in [3.63, 3.8) is 0 Å². The smallest absolute Gasteiger partial charge is 0.340 e. The first-order valence-electron chi connectivity index (χ1n) is 9.45. The van der Waals surface area contributed by atoms with Crippen LogP contribution in [0.2, 0.25) is 0 Å². The number of nitrogens with one attached hydrogen (secondary N) is 1. The van der Waals surface area contributed by atoms with Gasteiger partial charge in [-0.25, -0.2) is 13.2 Å². The fourth-order valence-corrected chi connectivity index (χ4v) is 4.77. The predicted molar refractivity (Wildman–Crippen MR) is 102 cm³/mol. The Morgan fingerprint density at radius 2 is 1.74 bits per heavy atom. The van der Waals surface area contributed by atoms with E-state index in [0.29, 0.717) is 13.1 Å². The van der Waals surface area contributed by atoms with Crippen LogP contribution in [0.1, 0.15) is 56.3 Å². The first kappa shape index (κ1) is 21.4. The number of nitrogens with zero attached hydrogens (tertiary/aromatic N) is 1. The summed E-state index contributed by atoms with van der Waals surface area (Å²) in [6, 6.07) is 6.01. The molecule has 0 unspecified atom stereocenters. The van der Waals surface area contributed by atoms with Crippen molar-refractivity contribution in [2.24, 2.45) is 0 Å². The van der Waals surface area contributed by atoms with Crippen molar-refractivity contribution in [1.82, 2.24) is 9.62 Å². The summed E-state index contributed by atoms with van der Waals surface area (Å²) >= 11 is 0. The topological polar surface area (TPSA) is 92.8 Å². The van der Waals surface area contributed by atoms with Gasteiger partial charge in [0, 0.05) is 19.1 Å². The number of ether oxygens (including phenoxy) is 1. The summed E-state index contributed by atoms with van der Waals surface area (Å²) in [6.45, 7) is 4.38. The molecule has 0 spiro atoms. The Balaban J connectivity index is 2.10. The number of hydrogen-bond donors (Lipinski definition) is 1. The van der Waals surface area contributed by atoms with E-state index in [9.17, 15) is 18.0 Å². The molecule has 2 rings (SSSR count). The number of piperidine rings is 1. The molecule has 0 atom stereocenters. The maximum Gasteiger partial charge on any atom is 0.340 e. The quantitative estimate of drug-likeness (QED) is 0.681. The second kappa shape index (κ2) is 9.85. The highest BCUT2D eigenvalue weighted by Gasteiger charge is 2.30. The Kier molecular flexibility index (Phi) is 7.79. The molecule has 0 radical (unpaired) electrons. The second-order valence-corrected chi connectivity index (χ2v) is 8.52. The standard InChI is InChI=1S/C19H28N2O5S/c1-3-15(4-2)20-18(22)14-26-19(23)16-10-6-7-11-17(16)27(24,25)21-12-8-5-9-13-21/h6-7,10-11,15H,3-5,8-9,12-14H2,1-2H3,(H,20,22). The van der Waals surface area contributed by atoms with Crippen LogP contribution in [0.25, 0.3) is 0 Å². The number of carbonyl (C=O) groups excluding carboxylic acids is 2. The Hall–Kier alpha value is -1.93. The van der Waals surface area contributed by atoms with Crippen LogP contribution in [0.5, 0.6) is 0 Å². The molecular weight excluding hydrogens is 368 g/mol. The molecule has 1 aromatic rings. The summed E-state index contributed by atoms with van der Waals surface area (Å²) in [7, 11) is -3.77. The van der Waals surface area contributed by atoms with Gasteiger partial charge in [-0.15, -0.1) is 0 Å². The van der Waals surface area contributed by atoms with Gasteiger partial charge in [-0.1, -0.05) is 32.4 Å². The van der Waals surface area contributed by atoms with E-state index in [1.165, 1.54) is 16.4 Å². The zero-order valence-corrected chi connectivity index (χ0v) is 16.8. The maximum absolute atomic E-state index is 12.9. The van der Waals surface area contributed by atoms with E-state index in [1.54, 1.807) is 12.1 Å². The fraction of sp³-hybridized carbons (Fsp3) is 0.579. The molecule has 27 heavy (non-hydrogen) atoms. The Labute approximate surface area is 161 Å². The molecule has 0 bridgehead atoms. The van der Waals surface area contributed by atoms with Crippen LogP contribution in [0.3, 0.4) is 0 Å². The lowest BCUT2D eigenvalue weighted by atomic mass is 10.2. The first-order chi connectivity index (χ1) is 12.9. The molecule has 8 heteroatoms. The number of amides is 1. The second-order valence-electron chi connectivity index (χ2n) is 6.62. The van der Waals surface area contributed by atoms with Gasteiger partial charge in [-0.2, -0.15) is 4.31 Å². The van der Waals surface area contributed by atoms with E-state index in [1.807, 2.05) is 13.8 Å². The highest BCUT2D eigenvalue weighted by molar-refractivity contribution is 7.89. The minimum atomic E-state index is -3.77. The summed E-state index contributed by atoms with van der Waals surface area (Å²) in [5.74, 6) is -1.21. The van der Waals surface area contributed by atoms with Crippen LogP contribution in [0, 0.1) is 0 Å². The zero-order valence-electron chi connectivity index (χ0n) is 15.9. The SMILES string of the molecule is CCC(CC)NC(=O)COC(=O)c1ccccc1S(=O)(=O)N1CCCCC1. The van der Waals surface area contributed by atoms with E-state index in [2.05, 4.69) is 5.32 Å². The molecule has 1 fully saturated rings. The molecular formula is C19H28N2O5S. The van der Waals surface area contributed by atoms with E-state index in [0.717, 1.165) is 32.1 Å². The lowest BCUT2D eigenvalue weighted by molar-refractivity contribution is -0.125. The van der Waals surface area contributed by atoms with Gasteiger partial charge in [0.15, 0.2) is 6.61 Å². The van der Waals surface area contributed by atoms with Crippen molar-refractivity contribution in [1.29, 1.82) is 0 Å². The Morgan fingerprint density at radius 3 is 2.37 bits per heavy atom. The molecule has 1 N–H and O–H groups in total. The van der Waals surface area contributed by atoms with Gasteiger partial charge in [0.2, 0.25) is 10.0 Å². The van der Waals surface area contributed by atoms with Gasteiger partial charge in [0.05, 0.1) is 10.5 Å². The molecule has 1 aromatic carbocycles. The summed E-state index contributed by atoms with van der Waals surface area (Å²) in [5, 5.41) is 2.78. The summed E-state index contributed by atoms with van der Waals surface area (Å²) in [4.78, 5) is 24.3. The molecule has 7 nitrogen and oxygen atoms in total. The monoisotopic (exact) mass is 396 g/mol. The molecule has 1 aliphatic rings. The third-order valence-electron chi connectivity index (χ3n) is 4.72. The van der Waals surface area contributed by atoms with Crippen molar-refractivity contribution < 1.29 is 22.7 Å². The van der Waals surface area contributed by atoms with Gasteiger partial charge in [-0.3, -0.25) is 4.79 Å². The molecule has 1 amide bonds. The number of sulfonamides is 1. The van der Waals surface area contributed by atoms with Crippen LogP contribution in [-0.4, -0.2) is 50.3 Å². The van der Waals surface area contributed by atoms with E-state index in [-0.39, 0.29) is 16.5 Å². The summed E-state index contributed by atoms with van der Waals surface area (Å²) in [5.41, 5.74) is -0.0431. The van der Waals surface area contributed by atoms with Crippen LogP contribution < -0.4 is 5.32 Å². The van der Waals surface area contributed by atoms with Gasteiger partial charge in [-0.05, 0) is 37.8 Å². The van der Waals surface area contributed by atoms with Crippen LogP contribution >= 0.6 is 0 Å². The molecule has 1 aliphatic heterocycles. The number of carbonyl (C=O) groups is 2. The third kappa shape index (κ3) is 5.52. The van der Waals surface area contributed by atoms with Crippen molar-refractivity contribution in [2.45, 2.75) is 56.9 Å². The van der Waals surface area contributed by atoms with E-state index < -0.39 is 28.5 Å². The minimum Gasteiger partial charge on any atom is -0.452 e. The van der Waals surface area contributed by atoms with E-state index >= 15 is 0 Å². The summed E-state index contributed by atoms with van der Waals surface area (Å²) < 4.78 is 32.3. The minimum absolute atomic E-state index is 0.0305. The molecule has 1 heterocycles. The highest BCUT2D eigenvalue weighted by atomic mass is 32.2.